The van der Waals surface area contributed by atoms with Gasteiger partial charge >= 0.3 is 0 Å². The molecule has 1 rings (SSSR count). The maximum absolute atomic E-state index is 13.5. The number of rotatable bonds is 6. The molecule has 18 heavy (non-hydrogen) atoms. The van der Waals surface area contributed by atoms with Gasteiger partial charge in [0.15, 0.2) is 0 Å². The topological polar surface area (TPSA) is 66.4 Å². The number of aryl methyl sites for hydroxylation is 1. The normalized spacial score (nSPS) is 13.6. The van der Waals surface area contributed by atoms with Crippen molar-refractivity contribution in [2.45, 2.75) is 37.6 Å². The van der Waals surface area contributed by atoms with Crippen LogP contribution in [0.4, 0.5) is 4.39 Å². The van der Waals surface area contributed by atoms with Gasteiger partial charge in [-0.1, -0.05) is 13.0 Å². The maximum Gasteiger partial charge on any atom is 0.243 e. The van der Waals surface area contributed by atoms with Crippen LogP contribution in [0.15, 0.2) is 23.1 Å². The molecule has 4 nitrogen and oxygen atoms in total. The highest BCUT2D eigenvalue weighted by atomic mass is 32.2. The van der Waals surface area contributed by atoms with Crippen LogP contribution in [0.3, 0.4) is 0 Å². The number of hydrogen-bond donors (Lipinski definition) is 2. The minimum atomic E-state index is -3.88. The van der Waals surface area contributed by atoms with Crippen LogP contribution in [-0.2, 0) is 10.0 Å². The zero-order valence-electron chi connectivity index (χ0n) is 10.5. The highest BCUT2D eigenvalue weighted by Gasteiger charge is 2.22. The van der Waals surface area contributed by atoms with Gasteiger partial charge in [0, 0.05) is 12.6 Å². The lowest BCUT2D eigenvalue weighted by Crippen LogP contribution is -2.35. The predicted molar refractivity (Wildman–Crippen MR) is 67.2 cm³/mol. The van der Waals surface area contributed by atoms with Gasteiger partial charge in [0.1, 0.15) is 10.7 Å². The Kier molecular flexibility index (Phi) is 5.25. The molecule has 1 aromatic rings. The standard InChI is InChI=1S/C12H18FNO3S/c1-3-10(6-7-15)14-18(16,17)12-8-9(2)4-5-11(12)13/h4-5,8,10,14-15H,3,6-7H2,1-2H3. The van der Waals surface area contributed by atoms with E-state index in [1.807, 2.05) is 0 Å². The average Bonchev–Trinajstić information content (AvgIpc) is 2.31. The Balaban J connectivity index is 3.02. The molecule has 0 aliphatic heterocycles. The molecule has 0 amide bonds. The monoisotopic (exact) mass is 275 g/mol. The molecule has 0 bridgehead atoms. The van der Waals surface area contributed by atoms with Crippen LogP contribution >= 0.6 is 0 Å². The minimum absolute atomic E-state index is 0.114. The van der Waals surface area contributed by atoms with Crippen LogP contribution < -0.4 is 4.72 Å². The molecule has 0 spiro atoms. The van der Waals surface area contributed by atoms with Crippen molar-refractivity contribution < 1.29 is 17.9 Å². The zero-order chi connectivity index (χ0) is 13.8. The minimum Gasteiger partial charge on any atom is -0.396 e. The number of aliphatic hydroxyl groups is 1. The summed E-state index contributed by atoms with van der Waals surface area (Å²) in [5.41, 5.74) is 0.673. The van der Waals surface area contributed by atoms with Gasteiger partial charge in [-0.2, -0.15) is 0 Å². The van der Waals surface area contributed by atoms with Gasteiger partial charge in [-0.15, -0.1) is 0 Å². The fraction of sp³-hybridized carbons (Fsp3) is 0.500. The molecular weight excluding hydrogens is 257 g/mol. The molecule has 102 valence electrons. The summed E-state index contributed by atoms with van der Waals surface area (Å²) < 4.78 is 40.0. The molecule has 0 heterocycles. The first kappa shape index (κ1) is 15.1. The molecule has 0 aliphatic rings. The summed E-state index contributed by atoms with van der Waals surface area (Å²) in [5, 5.41) is 8.82. The van der Waals surface area contributed by atoms with Crippen molar-refractivity contribution in [3.8, 4) is 0 Å². The van der Waals surface area contributed by atoms with E-state index in [9.17, 15) is 12.8 Å². The van der Waals surface area contributed by atoms with E-state index in [0.29, 0.717) is 18.4 Å². The van der Waals surface area contributed by atoms with Crippen molar-refractivity contribution in [2.75, 3.05) is 6.61 Å². The molecule has 0 saturated carbocycles. The molecule has 0 aliphatic carbocycles. The third kappa shape index (κ3) is 3.76. The molecular formula is C12H18FNO3S. The third-order valence-electron chi connectivity index (χ3n) is 2.67. The van der Waals surface area contributed by atoms with Crippen molar-refractivity contribution >= 4 is 10.0 Å². The largest absolute Gasteiger partial charge is 0.396 e. The van der Waals surface area contributed by atoms with Crippen LogP contribution in [0, 0.1) is 12.7 Å². The summed E-state index contributed by atoms with van der Waals surface area (Å²) in [6.45, 7) is 3.39. The highest BCUT2D eigenvalue weighted by Crippen LogP contribution is 2.17. The summed E-state index contributed by atoms with van der Waals surface area (Å²) in [6.07, 6.45) is 0.844. The third-order valence-corrected chi connectivity index (χ3v) is 4.20. The Bertz CT molecular complexity index is 502. The molecule has 0 aromatic heterocycles. The van der Waals surface area contributed by atoms with Gasteiger partial charge in [0.05, 0.1) is 0 Å². The van der Waals surface area contributed by atoms with E-state index in [1.165, 1.54) is 12.1 Å². The van der Waals surface area contributed by atoms with E-state index >= 15 is 0 Å². The fourth-order valence-electron chi connectivity index (χ4n) is 1.60. The number of hydrogen-bond acceptors (Lipinski definition) is 3. The Morgan fingerprint density at radius 2 is 2.11 bits per heavy atom. The van der Waals surface area contributed by atoms with Gasteiger partial charge in [-0.05, 0) is 37.5 Å². The van der Waals surface area contributed by atoms with Gasteiger partial charge in [0.25, 0.3) is 0 Å². The smallest absolute Gasteiger partial charge is 0.243 e. The van der Waals surface area contributed by atoms with Gasteiger partial charge in [-0.3, -0.25) is 0 Å². The molecule has 1 atom stereocenters. The predicted octanol–water partition coefficient (Wildman–Crippen LogP) is 1.57. The second kappa shape index (κ2) is 6.26. The molecule has 0 radical (unpaired) electrons. The van der Waals surface area contributed by atoms with Crippen LogP contribution in [0.5, 0.6) is 0 Å². The number of sulfonamides is 1. The quantitative estimate of drug-likeness (QED) is 0.828. The van der Waals surface area contributed by atoms with Crippen molar-refractivity contribution in [1.82, 2.24) is 4.72 Å². The van der Waals surface area contributed by atoms with E-state index in [-0.39, 0.29) is 17.5 Å². The van der Waals surface area contributed by atoms with Crippen molar-refractivity contribution in [1.29, 1.82) is 0 Å². The molecule has 6 heteroatoms. The van der Waals surface area contributed by atoms with Crippen molar-refractivity contribution in [2.24, 2.45) is 0 Å². The SMILES string of the molecule is CCC(CCO)NS(=O)(=O)c1cc(C)ccc1F. The number of halogens is 1. The lowest BCUT2D eigenvalue weighted by atomic mass is 10.2. The first-order valence-electron chi connectivity index (χ1n) is 5.80. The van der Waals surface area contributed by atoms with Crippen LogP contribution in [0.2, 0.25) is 0 Å². The van der Waals surface area contributed by atoms with E-state index in [1.54, 1.807) is 13.8 Å². The summed E-state index contributed by atoms with van der Waals surface area (Å²) in [4.78, 5) is -0.348. The Morgan fingerprint density at radius 3 is 2.67 bits per heavy atom. The van der Waals surface area contributed by atoms with E-state index < -0.39 is 15.8 Å². The van der Waals surface area contributed by atoms with Crippen LogP contribution in [0.25, 0.3) is 0 Å². The number of nitrogens with one attached hydrogen (secondary N) is 1. The molecule has 2 N–H and O–H groups in total. The molecule has 0 fully saturated rings. The van der Waals surface area contributed by atoms with Crippen molar-refractivity contribution in [3.63, 3.8) is 0 Å². The van der Waals surface area contributed by atoms with Crippen LogP contribution in [-0.4, -0.2) is 26.2 Å². The molecule has 0 saturated heterocycles. The fourth-order valence-corrected chi connectivity index (χ4v) is 3.12. The van der Waals surface area contributed by atoms with Gasteiger partial charge in [-0.25, -0.2) is 17.5 Å². The molecule has 1 aromatic carbocycles. The zero-order valence-corrected chi connectivity index (χ0v) is 11.3. The summed E-state index contributed by atoms with van der Waals surface area (Å²) >= 11 is 0. The second-order valence-corrected chi connectivity index (χ2v) is 5.86. The summed E-state index contributed by atoms with van der Waals surface area (Å²) in [6, 6.07) is 3.56. The molecule has 1 unspecified atom stereocenters. The van der Waals surface area contributed by atoms with E-state index in [4.69, 9.17) is 5.11 Å². The van der Waals surface area contributed by atoms with Crippen LogP contribution in [0.1, 0.15) is 25.3 Å². The Morgan fingerprint density at radius 1 is 1.44 bits per heavy atom. The second-order valence-electron chi connectivity index (χ2n) is 4.17. The lowest BCUT2D eigenvalue weighted by Gasteiger charge is -2.16. The van der Waals surface area contributed by atoms with Gasteiger partial charge < -0.3 is 5.11 Å². The summed E-state index contributed by atoms with van der Waals surface area (Å²) in [7, 11) is -3.88. The number of aliphatic hydroxyl groups excluding tert-OH is 1. The number of benzene rings is 1. The van der Waals surface area contributed by atoms with Gasteiger partial charge in [0.2, 0.25) is 10.0 Å². The van der Waals surface area contributed by atoms with E-state index in [2.05, 4.69) is 4.72 Å². The first-order valence-corrected chi connectivity index (χ1v) is 7.28. The first-order chi connectivity index (χ1) is 8.40. The lowest BCUT2D eigenvalue weighted by molar-refractivity contribution is 0.270. The average molecular weight is 275 g/mol. The van der Waals surface area contributed by atoms with Crippen molar-refractivity contribution in [3.05, 3.63) is 29.6 Å². The summed E-state index contributed by atoms with van der Waals surface area (Å²) in [5.74, 6) is -0.771. The Labute approximate surface area is 107 Å². The highest BCUT2D eigenvalue weighted by molar-refractivity contribution is 7.89. The Hall–Kier alpha value is -0.980. The maximum atomic E-state index is 13.5. The van der Waals surface area contributed by atoms with E-state index in [0.717, 1.165) is 6.07 Å².